The minimum atomic E-state index is -0.406. The van der Waals surface area contributed by atoms with Crippen molar-refractivity contribution in [3.63, 3.8) is 0 Å². The smallest absolute Gasteiger partial charge is 0.410 e. The number of amides is 1. The van der Waals surface area contributed by atoms with Crippen LogP contribution in [-0.2, 0) is 4.74 Å². The summed E-state index contributed by atoms with van der Waals surface area (Å²) in [6.45, 7) is 11.8. The van der Waals surface area contributed by atoms with E-state index in [1.807, 2.05) is 37.4 Å². The first-order valence-electron chi connectivity index (χ1n) is 7.93. The molecule has 1 fully saturated rings. The molecule has 1 aliphatic rings. The second-order valence-electron chi connectivity index (χ2n) is 7.30. The van der Waals surface area contributed by atoms with Crippen LogP contribution in [0.5, 0.6) is 0 Å². The van der Waals surface area contributed by atoms with Crippen molar-refractivity contribution in [3.8, 4) is 0 Å². The summed E-state index contributed by atoms with van der Waals surface area (Å²) in [6, 6.07) is 0. The highest BCUT2D eigenvalue weighted by Crippen LogP contribution is 2.30. The number of nitrogens with zero attached hydrogens (tertiary/aromatic N) is 1. The Balaban J connectivity index is 2.28. The maximum Gasteiger partial charge on any atom is 0.410 e. The largest absolute Gasteiger partial charge is 0.444 e. The number of carbonyl (C=O) groups is 1. The molecule has 5 heteroatoms. The highest BCUT2D eigenvalue weighted by molar-refractivity contribution is 7.98. The Morgan fingerprint density at radius 3 is 2.48 bits per heavy atom. The highest BCUT2D eigenvalue weighted by atomic mass is 32.2. The van der Waals surface area contributed by atoms with Gasteiger partial charge in [0.05, 0.1) is 0 Å². The molecule has 0 spiro atoms. The number of likely N-dealkylation sites (tertiary alicyclic amines) is 1. The summed E-state index contributed by atoms with van der Waals surface area (Å²) in [5.74, 6) is 1.22. The van der Waals surface area contributed by atoms with Crippen molar-refractivity contribution in [3.05, 3.63) is 0 Å². The quantitative estimate of drug-likeness (QED) is 0.763. The zero-order valence-electron chi connectivity index (χ0n) is 14.3. The Kier molecular flexibility index (Phi) is 7.34. The molecule has 0 aromatic carbocycles. The van der Waals surface area contributed by atoms with E-state index >= 15 is 0 Å². The van der Waals surface area contributed by atoms with Crippen LogP contribution in [0.4, 0.5) is 4.79 Å². The average Bonchev–Trinajstić information content (AvgIpc) is 2.37. The van der Waals surface area contributed by atoms with Gasteiger partial charge < -0.3 is 15.0 Å². The average molecular weight is 317 g/mol. The van der Waals surface area contributed by atoms with Gasteiger partial charge in [0.25, 0.3) is 0 Å². The van der Waals surface area contributed by atoms with Gasteiger partial charge in [-0.25, -0.2) is 4.79 Å². The monoisotopic (exact) mass is 316 g/mol. The predicted molar refractivity (Wildman–Crippen MR) is 91.0 cm³/mol. The third-order valence-electron chi connectivity index (χ3n) is 3.88. The number of hydrogen-bond acceptors (Lipinski definition) is 4. The lowest BCUT2D eigenvalue weighted by molar-refractivity contribution is 0.0120. The van der Waals surface area contributed by atoms with Crippen molar-refractivity contribution in [2.75, 3.05) is 38.2 Å². The molecule has 0 aliphatic carbocycles. The van der Waals surface area contributed by atoms with Crippen LogP contribution in [0.15, 0.2) is 0 Å². The van der Waals surface area contributed by atoms with Crippen LogP contribution in [0, 0.1) is 5.41 Å². The molecule has 1 N–H and O–H groups in total. The van der Waals surface area contributed by atoms with E-state index in [9.17, 15) is 4.79 Å². The topological polar surface area (TPSA) is 41.6 Å². The van der Waals surface area contributed by atoms with Crippen molar-refractivity contribution in [2.45, 2.75) is 52.6 Å². The standard InChI is InChI=1S/C16H32N2O2S/c1-15(2,3)20-14(19)18-10-7-16(4,8-11-18)13-17-9-6-12-21-5/h17H,6-13H2,1-5H3. The molecule has 4 nitrogen and oxygen atoms in total. The van der Waals surface area contributed by atoms with Crippen molar-refractivity contribution in [2.24, 2.45) is 5.41 Å². The van der Waals surface area contributed by atoms with E-state index in [-0.39, 0.29) is 6.09 Å². The van der Waals surface area contributed by atoms with E-state index in [0.717, 1.165) is 39.0 Å². The number of nitrogens with one attached hydrogen (secondary N) is 1. The van der Waals surface area contributed by atoms with Crippen molar-refractivity contribution in [1.82, 2.24) is 10.2 Å². The number of thioether (sulfide) groups is 1. The van der Waals surface area contributed by atoms with Gasteiger partial charge in [0.15, 0.2) is 0 Å². The van der Waals surface area contributed by atoms with Crippen LogP contribution in [0.25, 0.3) is 0 Å². The fourth-order valence-electron chi connectivity index (χ4n) is 2.46. The third kappa shape index (κ3) is 7.41. The molecule has 0 aromatic rings. The molecule has 1 amide bonds. The van der Waals surface area contributed by atoms with Gasteiger partial charge in [0.2, 0.25) is 0 Å². The lowest BCUT2D eigenvalue weighted by Crippen LogP contribution is -2.47. The van der Waals surface area contributed by atoms with Crippen LogP contribution >= 0.6 is 11.8 Å². The van der Waals surface area contributed by atoms with Gasteiger partial charge in [-0.1, -0.05) is 6.92 Å². The highest BCUT2D eigenvalue weighted by Gasteiger charge is 2.33. The van der Waals surface area contributed by atoms with Crippen LogP contribution in [-0.4, -0.2) is 54.8 Å². The maximum atomic E-state index is 12.0. The Bertz CT molecular complexity index is 321. The molecule has 21 heavy (non-hydrogen) atoms. The Hall–Kier alpha value is -0.420. The fraction of sp³-hybridized carbons (Fsp3) is 0.938. The molecular formula is C16H32N2O2S. The van der Waals surface area contributed by atoms with Crippen molar-refractivity contribution in [1.29, 1.82) is 0 Å². The van der Waals surface area contributed by atoms with Crippen LogP contribution in [0.2, 0.25) is 0 Å². The third-order valence-corrected chi connectivity index (χ3v) is 4.57. The van der Waals surface area contributed by atoms with Gasteiger partial charge in [0.1, 0.15) is 5.60 Å². The maximum absolute atomic E-state index is 12.0. The first-order chi connectivity index (χ1) is 9.76. The van der Waals surface area contributed by atoms with Crippen molar-refractivity contribution < 1.29 is 9.53 Å². The van der Waals surface area contributed by atoms with Crippen LogP contribution < -0.4 is 5.32 Å². The Morgan fingerprint density at radius 1 is 1.33 bits per heavy atom. The van der Waals surface area contributed by atoms with Gasteiger partial charge in [0, 0.05) is 19.6 Å². The lowest BCUT2D eigenvalue weighted by atomic mass is 9.80. The summed E-state index contributed by atoms with van der Waals surface area (Å²) in [7, 11) is 0. The molecule has 1 aliphatic heterocycles. The molecule has 0 saturated carbocycles. The van der Waals surface area contributed by atoms with E-state index in [2.05, 4.69) is 18.5 Å². The van der Waals surface area contributed by atoms with E-state index in [1.165, 1.54) is 12.2 Å². The SMILES string of the molecule is CSCCCNCC1(C)CCN(C(=O)OC(C)(C)C)CC1. The van der Waals surface area contributed by atoms with Crippen molar-refractivity contribution >= 4 is 17.9 Å². The second-order valence-corrected chi connectivity index (χ2v) is 8.29. The van der Waals surface area contributed by atoms with E-state index in [4.69, 9.17) is 4.74 Å². The van der Waals surface area contributed by atoms with Gasteiger partial charge >= 0.3 is 6.09 Å². The molecular weight excluding hydrogens is 284 g/mol. The zero-order valence-corrected chi connectivity index (χ0v) is 15.1. The summed E-state index contributed by atoms with van der Waals surface area (Å²) in [5.41, 5.74) is -0.103. The minimum Gasteiger partial charge on any atom is -0.444 e. The molecule has 1 saturated heterocycles. The van der Waals surface area contributed by atoms with Crippen LogP contribution in [0.3, 0.4) is 0 Å². The molecule has 0 bridgehead atoms. The van der Waals surface area contributed by atoms with Gasteiger partial charge in [-0.3, -0.25) is 0 Å². The molecule has 0 radical (unpaired) electrons. The molecule has 0 atom stereocenters. The molecule has 1 rings (SSSR count). The lowest BCUT2D eigenvalue weighted by Gasteiger charge is -2.40. The number of ether oxygens (including phenoxy) is 1. The summed E-state index contributed by atoms with van der Waals surface area (Å²) in [6.07, 6.45) is 5.29. The van der Waals surface area contributed by atoms with Crippen LogP contribution in [0.1, 0.15) is 47.0 Å². The first-order valence-corrected chi connectivity index (χ1v) is 9.33. The molecule has 124 valence electrons. The predicted octanol–water partition coefficient (Wildman–Crippen LogP) is 3.37. The summed E-state index contributed by atoms with van der Waals surface area (Å²) >= 11 is 1.90. The number of hydrogen-bond donors (Lipinski definition) is 1. The summed E-state index contributed by atoms with van der Waals surface area (Å²) < 4.78 is 5.44. The zero-order chi connectivity index (χ0) is 15.9. The normalized spacial score (nSPS) is 18.6. The molecule has 0 aromatic heterocycles. The number of piperidine rings is 1. The fourth-order valence-corrected chi connectivity index (χ4v) is 2.90. The number of rotatable bonds is 6. The van der Waals surface area contributed by atoms with E-state index in [0.29, 0.717) is 5.41 Å². The number of carbonyl (C=O) groups excluding carboxylic acids is 1. The summed E-state index contributed by atoms with van der Waals surface area (Å²) in [5, 5.41) is 3.56. The van der Waals surface area contributed by atoms with Gasteiger partial charge in [-0.05, 0) is 64.0 Å². The molecule has 0 unspecified atom stereocenters. The Labute approximate surface area is 134 Å². The van der Waals surface area contributed by atoms with Gasteiger partial charge in [-0.2, -0.15) is 11.8 Å². The minimum absolute atomic E-state index is 0.169. The van der Waals surface area contributed by atoms with E-state index < -0.39 is 5.60 Å². The van der Waals surface area contributed by atoms with E-state index in [1.54, 1.807) is 0 Å². The second kappa shape index (κ2) is 8.28. The Morgan fingerprint density at radius 2 is 1.95 bits per heavy atom. The van der Waals surface area contributed by atoms with Gasteiger partial charge in [-0.15, -0.1) is 0 Å². The first kappa shape index (κ1) is 18.6. The molecule has 1 heterocycles. The summed E-state index contributed by atoms with van der Waals surface area (Å²) in [4.78, 5) is 13.9.